The molecule has 2 nitrogen and oxygen atoms in total. The van der Waals surface area contributed by atoms with E-state index in [1.165, 1.54) is 9.36 Å². The Morgan fingerprint density at radius 2 is 1.76 bits per heavy atom. The fourth-order valence-corrected chi connectivity index (χ4v) is 5.88. The van der Waals surface area contributed by atoms with Crippen LogP contribution in [-0.4, -0.2) is 31.9 Å². The Bertz CT molecular complexity index is 655. The molecule has 1 aliphatic heterocycles. The van der Waals surface area contributed by atoms with E-state index in [1.807, 2.05) is 16.2 Å². The molecule has 2 aromatic carbocycles. The van der Waals surface area contributed by atoms with Crippen molar-refractivity contribution >= 4 is 34.4 Å². The summed E-state index contributed by atoms with van der Waals surface area (Å²) in [5.41, 5.74) is 1.04. The summed E-state index contributed by atoms with van der Waals surface area (Å²) in [6.07, 6.45) is 0. The minimum atomic E-state index is -0.109. The molecule has 3 rings (SSSR count). The Hall–Kier alpha value is -1.22. The SMILES string of the molecule is CC1(C)COC(c2ccccc2[Se]Sc2ccccc2)=N1. The standard InChI is InChI=1S/C17H17NOSSe/c1-17(2)12-19-16(18-17)14-10-6-7-11-15(14)21-20-13-8-4-3-5-9-13/h3-11H,12H2,1-2H3. The van der Waals surface area contributed by atoms with Gasteiger partial charge in [0.25, 0.3) is 0 Å². The van der Waals surface area contributed by atoms with Crippen LogP contribution in [0.3, 0.4) is 0 Å². The fourth-order valence-electron chi connectivity index (χ4n) is 2.01. The Kier molecular flexibility index (Phi) is 4.39. The van der Waals surface area contributed by atoms with Crippen molar-refractivity contribution in [1.82, 2.24) is 0 Å². The molecule has 0 atom stereocenters. The van der Waals surface area contributed by atoms with E-state index in [0.29, 0.717) is 20.4 Å². The van der Waals surface area contributed by atoms with Crippen molar-refractivity contribution in [2.45, 2.75) is 24.3 Å². The molecule has 0 radical (unpaired) electrons. The van der Waals surface area contributed by atoms with Gasteiger partial charge in [-0.1, -0.05) is 0 Å². The number of hydrogen-bond donors (Lipinski definition) is 0. The van der Waals surface area contributed by atoms with Gasteiger partial charge in [0, 0.05) is 0 Å². The molecule has 1 aliphatic rings. The molecule has 4 heteroatoms. The molecule has 0 saturated heterocycles. The van der Waals surface area contributed by atoms with E-state index in [4.69, 9.17) is 9.73 Å². The van der Waals surface area contributed by atoms with Crippen LogP contribution in [0.15, 0.2) is 64.5 Å². The maximum atomic E-state index is 5.80. The molecule has 0 unspecified atom stereocenters. The van der Waals surface area contributed by atoms with Gasteiger partial charge >= 0.3 is 135 Å². The van der Waals surface area contributed by atoms with Crippen molar-refractivity contribution in [1.29, 1.82) is 0 Å². The van der Waals surface area contributed by atoms with Crippen LogP contribution in [0.4, 0.5) is 0 Å². The van der Waals surface area contributed by atoms with E-state index >= 15 is 0 Å². The van der Waals surface area contributed by atoms with Crippen molar-refractivity contribution in [3.8, 4) is 0 Å². The van der Waals surface area contributed by atoms with Crippen LogP contribution < -0.4 is 4.46 Å². The average Bonchev–Trinajstić information content (AvgIpc) is 2.86. The Balaban J connectivity index is 1.81. The van der Waals surface area contributed by atoms with Crippen LogP contribution in [-0.2, 0) is 4.74 Å². The third-order valence-corrected chi connectivity index (χ3v) is 7.40. The molecule has 0 aromatic heterocycles. The van der Waals surface area contributed by atoms with Gasteiger partial charge < -0.3 is 0 Å². The van der Waals surface area contributed by atoms with Gasteiger partial charge in [0.2, 0.25) is 0 Å². The van der Waals surface area contributed by atoms with Crippen molar-refractivity contribution in [2.24, 2.45) is 4.99 Å². The first-order chi connectivity index (χ1) is 10.1. The predicted octanol–water partition coefficient (Wildman–Crippen LogP) is 3.28. The van der Waals surface area contributed by atoms with Gasteiger partial charge in [-0.05, 0) is 0 Å². The maximum absolute atomic E-state index is 5.80. The van der Waals surface area contributed by atoms with Crippen molar-refractivity contribution < 1.29 is 4.74 Å². The fraction of sp³-hybridized carbons (Fsp3) is 0.235. The van der Waals surface area contributed by atoms with Gasteiger partial charge in [0.05, 0.1) is 0 Å². The molecule has 0 N–H and O–H groups in total. The number of rotatable bonds is 4. The molecule has 21 heavy (non-hydrogen) atoms. The first-order valence-corrected chi connectivity index (χ1v) is 10.6. The second kappa shape index (κ2) is 6.27. The number of ether oxygens (including phenoxy) is 1. The molecule has 0 aliphatic carbocycles. The van der Waals surface area contributed by atoms with E-state index in [0.717, 1.165) is 11.5 Å². The van der Waals surface area contributed by atoms with Gasteiger partial charge in [0.15, 0.2) is 0 Å². The first-order valence-electron chi connectivity index (χ1n) is 6.86. The number of aliphatic imine (C=N–C) groups is 1. The third-order valence-electron chi connectivity index (χ3n) is 3.05. The molecular formula is C17H17NOSSe. The van der Waals surface area contributed by atoms with E-state index < -0.39 is 0 Å². The third kappa shape index (κ3) is 3.70. The van der Waals surface area contributed by atoms with Crippen LogP contribution in [0.5, 0.6) is 0 Å². The van der Waals surface area contributed by atoms with Crippen LogP contribution >= 0.6 is 10.2 Å². The number of benzene rings is 2. The van der Waals surface area contributed by atoms with Crippen LogP contribution in [0.1, 0.15) is 19.4 Å². The molecule has 0 spiro atoms. The molecule has 0 fully saturated rings. The zero-order chi connectivity index (χ0) is 14.7. The normalized spacial score (nSPS) is 16.4. The predicted molar refractivity (Wildman–Crippen MR) is 90.7 cm³/mol. The second-order valence-electron chi connectivity index (χ2n) is 5.49. The van der Waals surface area contributed by atoms with Gasteiger partial charge in [0.1, 0.15) is 0 Å². The summed E-state index contributed by atoms with van der Waals surface area (Å²) in [5.74, 6) is 0.797. The topological polar surface area (TPSA) is 21.6 Å². The van der Waals surface area contributed by atoms with E-state index in [1.54, 1.807) is 0 Å². The van der Waals surface area contributed by atoms with E-state index in [-0.39, 0.29) is 5.54 Å². The Morgan fingerprint density at radius 3 is 2.48 bits per heavy atom. The zero-order valence-electron chi connectivity index (χ0n) is 12.1. The van der Waals surface area contributed by atoms with Gasteiger partial charge in [-0.15, -0.1) is 0 Å². The van der Waals surface area contributed by atoms with Gasteiger partial charge in [-0.2, -0.15) is 0 Å². The summed E-state index contributed by atoms with van der Waals surface area (Å²) < 4.78 is 7.13. The van der Waals surface area contributed by atoms with Crippen molar-refractivity contribution in [3.63, 3.8) is 0 Å². The van der Waals surface area contributed by atoms with Gasteiger partial charge in [-0.25, -0.2) is 0 Å². The summed E-state index contributed by atoms with van der Waals surface area (Å²) in [4.78, 5) is 6.01. The zero-order valence-corrected chi connectivity index (χ0v) is 14.6. The van der Waals surface area contributed by atoms with E-state index in [9.17, 15) is 0 Å². The molecule has 0 saturated carbocycles. The Labute approximate surface area is 135 Å². The van der Waals surface area contributed by atoms with Crippen molar-refractivity contribution in [3.05, 3.63) is 60.2 Å². The molecule has 2 aromatic rings. The summed E-state index contributed by atoms with van der Waals surface area (Å²) in [6, 6.07) is 19.0. The summed E-state index contributed by atoms with van der Waals surface area (Å²) in [5, 5.41) is 0. The average molecular weight is 362 g/mol. The number of hydrogen-bond acceptors (Lipinski definition) is 3. The summed E-state index contributed by atoms with van der Waals surface area (Å²) in [7, 11) is 1.90. The van der Waals surface area contributed by atoms with Crippen molar-refractivity contribution in [2.75, 3.05) is 6.61 Å². The van der Waals surface area contributed by atoms with Crippen LogP contribution in [0, 0.1) is 0 Å². The Morgan fingerprint density at radius 1 is 1.05 bits per heavy atom. The number of nitrogens with zero attached hydrogens (tertiary/aromatic N) is 1. The monoisotopic (exact) mass is 363 g/mol. The van der Waals surface area contributed by atoms with Crippen LogP contribution in [0.2, 0.25) is 0 Å². The summed E-state index contributed by atoms with van der Waals surface area (Å²) >= 11 is 0.302. The van der Waals surface area contributed by atoms with Crippen LogP contribution in [0.25, 0.3) is 0 Å². The minimum absolute atomic E-state index is 0.109. The molecule has 0 amide bonds. The molecule has 0 bridgehead atoms. The quantitative estimate of drug-likeness (QED) is 0.779. The first kappa shape index (κ1) is 14.7. The molecular weight excluding hydrogens is 345 g/mol. The summed E-state index contributed by atoms with van der Waals surface area (Å²) in [6.45, 7) is 4.87. The van der Waals surface area contributed by atoms with Gasteiger partial charge in [-0.3, -0.25) is 0 Å². The molecule has 108 valence electrons. The van der Waals surface area contributed by atoms with E-state index in [2.05, 4.69) is 62.4 Å². The molecule has 1 heterocycles. The second-order valence-corrected chi connectivity index (χ2v) is 9.32.